The van der Waals surface area contributed by atoms with Gasteiger partial charge in [-0.3, -0.25) is 0 Å². The number of hydrogen-bond acceptors (Lipinski definition) is 0. The number of benzene rings is 1. The zero-order chi connectivity index (χ0) is 40.4. The Kier molecular flexibility index (Phi) is 38.1. The summed E-state index contributed by atoms with van der Waals surface area (Å²) in [5.74, 6) is 0. The zero-order valence-electron chi connectivity index (χ0n) is 38.6. The summed E-state index contributed by atoms with van der Waals surface area (Å²) in [4.78, 5) is 0. The number of hydrogen-bond donors (Lipinski definition) is 0. The van der Waals surface area contributed by atoms with Gasteiger partial charge in [0.15, 0.2) is 0 Å². The van der Waals surface area contributed by atoms with Crippen LogP contribution in [0.4, 0.5) is 0 Å². The van der Waals surface area contributed by atoms with E-state index in [2.05, 4.69) is 101 Å². The molecule has 0 radical (unpaired) electrons. The Hall–Kier alpha value is -2.08. The van der Waals surface area contributed by atoms with E-state index in [9.17, 15) is 0 Å². The van der Waals surface area contributed by atoms with E-state index in [0.29, 0.717) is 0 Å². The van der Waals surface area contributed by atoms with Crippen molar-refractivity contribution in [2.75, 3.05) is 0 Å². The lowest BCUT2D eigenvalue weighted by atomic mass is 9.82. The summed E-state index contributed by atoms with van der Waals surface area (Å²) in [6.45, 7) is 11.5. The highest BCUT2D eigenvalue weighted by Gasteiger charge is 2.17. The van der Waals surface area contributed by atoms with Crippen molar-refractivity contribution in [1.29, 1.82) is 0 Å². The average Bonchev–Trinajstić information content (AvgIpc) is 3.21. The summed E-state index contributed by atoms with van der Waals surface area (Å²) in [6.07, 6.45) is 69.8. The van der Waals surface area contributed by atoms with E-state index in [1.807, 2.05) is 0 Å². The largest absolute Gasteiger partial charge is 0.0885 e. The van der Waals surface area contributed by atoms with Crippen LogP contribution < -0.4 is 0 Å². The Morgan fingerprint density at radius 3 is 0.714 bits per heavy atom. The second-order valence-electron chi connectivity index (χ2n) is 16.9. The van der Waals surface area contributed by atoms with Gasteiger partial charge in [0.05, 0.1) is 0 Å². The maximum atomic E-state index is 2.75. The van der Waals surface area contributed by atoms with Crippen molar-refractivity contribution in [2.24, 2.45) is 0 Å². The van der Waals surface area contributed by atoms with E-state index in [1.54, 1.807) is 27.8 Å². The fourth-order valence-electron chi connectivity index (χ4n) is 8.08. The SMILES string of the molecule is CCCCC/C=C/CCCc1cc(CCC/C=C/CCCCC)c(CCC/C=C/CCCCC)c(CCC/C=C/CCCCC)c1CCC/C=C/CCCCC. The van der Waals surface area contributed by atoms with E-state index in [4.69, 9.17) is 0 Å². The molecular weight excluding hydrogens is 673 g/mol. The van der Waals surface area contributed by atoms with Gasteiger partial charge >= 0.3 is 0 Å². The predicted octanol–water partition coefficient (Wildman–Crippen LogP) is 19.0. The minimum atomic E-state index is 1.22. The molecule has 0 aliphatic carbocycles. The van der Waals surface area contributed by atoms with Gasteiger partial charge in [0, 0.05) is 0 Å². The Morgan fingerprint density at radius 2 is 0.464 bits per heavy atom. The first-order chi connectivity index (χ1) is 27.7. The van der Waals surface area contributed by atoms with Gasteiger partial charge in [0.1, 0.15) is 0 Å². The Labute approximate surface area is 352 Å². The molecule has 0 aliphatic heterocycles. The molecule has 0 fully saturated rings. The fraction of sp³-hybridized carbons (Fsp3) is 0.714. The van der Waals surface area contributed by atoms with E-state index in [-0.39, 0.29) is 0 Å². The Bertz CT molecular complexity index is 1060. The van der Waals surface area contributed by atoms with Crippen LogP contribution in [0.25, 0.3) is 0 Å². The summed E-state index contributed by atoms with van der Waals surface area (Å²) in [7, 11) is 0. The topological polar surface area (TPSA) is 0 Å². The first-order valence-electron chi connectivity index (χ1n) is 25.1. The third-order valence-electron chi connectivity index (χ3n) is 11.6. The predicted molar refractivity (Wildman–Crippen MR) is 258 cm³/mol. The lowest BCUT2D eigenvalue weighted by Crippen LogP contribution is -2.10. The summed E-state index contributed by atoms with van der Waals surface area (Å²) in [5, 5.41) is 0. The van der Waals surface area contributed by atoms with Crippen LogP contribution in [0.5, 0.6) is 0 Å². The summed E-state index contributed by atoms with van der Waals surface area (Å²) in [5.41, 5.74) is 8.69. The van der Waals surface area contributed by atoms with Crippen molar-refractivity contribution < 1.29 is 0 Å². The molecule has 1 rings (SSSR count). The van der Waals surface area contributed by atoms with Crippen LogP contribution in [0.1, 0.15) is 255 Å². The lowest BCUT2D eigenvalue weighted by molar-refractivity contribution is 0.717. The average molecular weight is 769 g/mol. The van der Waals surface area contributed by atoms with Crippen molar-refractivity contribution in [3.05, 3.63) is 94.6 Å². The summed E-state index contributed by atoms with van der Waals surface area (Å²) in [6, 6.07) is 2.75. The highest BCUT2D eigenvalue weighted by atomic mass is 14.2. The molecule has 0 saturated carbocycles. The number of aryl methyl sites for hydroxylation is 2. The van der Waals surface area contributed by atoms with Crippen LogP contribution in [-0.4, -0.2) is 0 Å². The normalized spacial score (nSPS) is 12.4. The molecule has 0 N–H and O–H groups in total. The van der Waals surface area contributed by atoms with Crippen molar-refractivity contribution >= 4 is 0 Å². The van der Waals surface area contributed by atoms with Crippen molar-refractivity contribution in [3.63, 3.8) is 0 Å². The maximum absolute atomic E-state index is 2.75. The number of unbranched alkanes of at least 4 members (excludes halogenated alkanes) is 20. The van der Waals surface area contributed by atoms with Gasteiger partial charge in [-0.15, -0.1) is 0 Å². The minimum Gasteiger partial charge on any atom is -0.0885 e. The van der Waals surface area contributed by atoms with E-state index in [0.717, 1.165) is 0 Å². The van der Waals surface area contributed by atoms with E-state index in [1.165, 1.54) is 225 Å². The molecule has 0 heterocycles. The molecule has 0 aromatic heterocycles. The molecule has 0 nitrogen and oxygen atoms in total. The molecule has 0 saturated heterocycles. The third-order valence-corrected chi connectivity index (χ3v) is 11.6. The molecule has 0 atom stereocenters. The molecule has 0 unspecified atom stereocenters. The number of rotatable bonds is 40. The molecule has 0 amide bonds. The third kappa shape index (κ3) is 29.2. The first kappa shape index (κ1) is 51.9. The second kappa shape index (κ2) is 41.1. The highest BCUT2D eigenvalue weighted by Crippen LogP contribution is 2.31. The van der Waals surface area contributed by atoms with Gasteiger partial charge in [-0.2, -0.15) is 0 Å². The van der Waals surface area contributed by atoms with Gasteiger partial charge in [-0.1, -0.05) is 166 Å². The molecular formula is C56H96. The van der Waals surface area contributed by atoms with E-state index < -0.39 is 0 Å². The van der Waals surface area contributed by atoms with Crippen molar-refractivity contribution in [2.45, 2.75) is 259 Å². The summed E-state index contributed by atoms with van der Waals surface area (Å²) >= 11 is 0. The van der Waals surface area contributed by atoms with Crippen LogP contribution in [-0.2, 0) is 32.1 Å². The maximum Gasteiger partial charge on any atom is -0.0270 e. The molecule has 0 spiro atoms. The molecule has 0 aliphatic rings. The van der Waals surface area contributed by atoms with Crippen molar-refractivity contribution in [3.8, 4) is 0 Å². The quantitative estimate of drug-likeness (QED) is 0.0461. The summed E-state index contributed by atoms with van der Waals surface area (Å²) < 4.78 is 0. The van der Waals surface area contributed by atoms with Gasteiger partial charge in [-0.05, 0) is 188 Å². The second-order valence-corrected chi connectivity index (χ2v) is 16.9. The smallest absolute Gasteiger partial charge is 0.0270 e. The van der Waals surface area contributed by atoms with Crippen LogP contribution >= 0.6 is 0 Å². The van der Waals surface area contributed by atoms with Gasteiger partial charge in [-0.25, -0.2) is 0 Å². The van der Waals surface area contributed by atoms with Crippen molar-refractivity contribution in [1.82, 2.24) is 0 Å². The van der Waals surface area contributed by atoms with Crippen LogP contribution in [0, 0.1) is 0 Å². The van der Waals surface area contributed by atoms with E-state index >= 15 is 0 Å². The molecule has 320 valence electrons. The standard InChI is InChI=1S/C56H96/c1-6-11-16-21-26-31-36-41-46-52-51-53(47-42-37-32-27-22-17-12-7-2)55(49-44-39-34-29-24-19-14-9-4)56(50-45-40-35-30-25-20-15-10-5)54(52)48-43-38-33-28-23-18-13-8-3/h26-35,51H,6-25,36-50H2,1-5H3/b31-26+,32-27+,33-28+,34-29+,35-30+. The van der Waals surface area contributed by atoms with Gasteiger partial charge < -0.3 is 0 Å². The van der Waals surface area contributed by atoms with Crippen LogP contribution in [0.2, 0.25) is 0 Å². The highest BCUT2D eigenvalue weighted by molar-refractivity contribution is 5.47. The molecule has 0 heteroatoms. The lowest BCUT2D eigenvalue weighted by Gasteiger charge is -2.23. The molecule has 1 aromatic carbocycles. The Morgan fingerprint density at radius 1 is 0.250 bits per heavy atom. The molecule has 1 aromatic rings. The van der Waals surface area contributed by atoms with Crippen LogP contribution in [0.3, 0.4) is 0 Å². The Balaban J connectivity index is 3.44. The number of allylic oxidation sites excluding steroid dienone is 10. The fourth-order valence-corrected chi connectivity index (χ4v) is 8.08. The molecule has 56 heavy (non-hydrogen) atoms. The minimum absolute atomic E-state index is 1.22. The van der Waals surface area contributed by atoms with Gasteiger partial charge in [0.2, 0.25) is 0 Å². The van der Waals surface area contributed by atoms with Gasteiger partial charge in [0.25, 0.3) is 0 Å². The monoisotopic (exact) mass is 769 g/mol. The zero-order valence-corrected chi connectivity index (χ0v) is 38.6. The van der Waals surface area contributed by atoms with Crippen LogP contribution in [0.15, 0.2) is 66.8 Å². The molecule has 0 bridgehead atoms. The first-order valence-corrected chi connectivity index (χ1v) is 25.1.